The first-order valence-electron chi connectivity index (χ1n) is 12.8. The summed E-state index contributed by atoms with van der Waals surface area (Å²) in [7, 11) is -2.17. The maximum atomic E-state index is 11.3. The molecular weight excluding hydrogens is 566 g/mol. The Balaban J connectivity index is 0.000000435. The minimum atomic E-state index is -3.56. The largest absolute Gasteiger partial charge is 0.480 e. The molecular formula is C28H37N5O8S. The van der Waals surface area contributed by atoms with Gasteiger partial charge in [0.2, 0.25) is 0 Å². The van der Waals surface area contributed by atoms with Crippen LogP contribution in [-0.4, -0.2) is 68.6 Å². The second-order valence-corrected chi connectivity index (χ2v) is 10.9. The number of nitrogens with zero attached hydrogens (tertiary/aromatic N) is 1. The van der Waals surface area contributed by atoms with E-state index < -0.39 is 34.2 Å². The second kappa shape index (κ2) is 16.1. The van der Waals surface area contributed by atoms with Crippen LogP contribution in [0.3, 0.4) is 0 Å². The van der Waals surface area contributed by atoms with Crippen LogP contribution in [0.5, 0.6) is 5.75 Å². The normalized spacial score (nSPS) is 12.4. The van der Waals surface area contributed by atoms with Crippen molar-refractivity contribution < 1.29 is 37.1 Å². The number of guanidine groups is 1. The van der Waals surface area contributed by atoms with E-state index in [0.29, 0.717) is 32.4 Å². The summed E-state index contributed by atoms with van der Waals surface area (Å²) in [6, 6.07) is 17.8. The maximum Gasteiger partial charge on any atom is 0.333 e. The van der Waals surface area contributed by atoms with Gasteiger partial charge in [0.25, 0.3) is 0 Å². The molecule has 0 saturated carbocycles. The van der Waals surface area contributed by atoms with E-state index in [1.54, 1.807) is 12.1 Å². The van der Waals surface area contributed by atoms with Crippen molar-refractivity contribution in [1.29, 1.82) is 0 Å². The summed E-state index contributed by atoms with van der Waals surface area (Å²) in [5, 5.41) is 22.6. The van der Waals surface area contributed by atoms with E-state index >= 15 is 0 Å². The van der Waals surface area contributed by atoms with Gasteiger partial charge in [-0.2, -0.15) is 8.42 Å². The summed E-state index contributed by atoms with van der Waals surface area (Å²) in [4.78, 5) is 25.0. The number of carboxylic acid groups (broad SMARTS) is 2. The van der Waals surface area contributed by atoms with Crippen LogP contribution in [0.4, 0.5) is 5.69 Å². The number of carboxylic acids is 2. The summed E-state index contributed by atoms with van der Waals surface area (Å²) < 4.78 is 32.4. The first kappa shape index (κ1) is 33.8. The van der Waals surface area contributed by atoms with Crippen molar-refractivity contribution in [3.05, 3.63) is 71.8 Å². The maximum absolute atomic E-state index is 11.3. The number of carbonyl (C=O) groups is 2. The highest BCUT2D eigenvalue weighted by molar-refractivity contribution is 7.86. The van der Waals surface area contributed by atoms with Crippen molar-refractivity contribution >= 4 is 44.5 Å². The Morgan fingerprint density at radius 3 is 2.14 bits per heavy atom. The highest BCUT2D eigenvalue weighted by Gasteiger charge is 2.16. The van der Waals surface area contributed by atoms with Crippen molar-refractivity contribution in [3.8, 4) is 5.75 Å². The molecule has 9 N–H and O–H groups in total. The zero-order valence-corrected chi connectivity index (χ0v) is 24.2. The van der Waals surface area contributed by atoms with E-state index in [2.05, 4.69) is 10.3 Å². The molecule has 0 radical (unpaired) electrons. The fourth-order valence-corrected chi connectivity index (χ4v) is 4.15. The Kier molecular flexibility index (Phi) is 13.0. The molecule has 0 aromatic heterocycles. The van der Waals surface area contributed by atoms with Crippen LogP contribution < -0.4 is 26.7 Å². The number of hydrogen-bond donors (Lipinski definition) is 6. The SMILES string of the molecule is COC(Cc1ccc(NCc2ccc3cc(OS(C)(=O)=O)ccc3c2)cc1)C(=O)O.NC(N)=NCCC[C@H](N)C(=O)O. The van der Waals surface area contributed by atoms with Gasteiger partial charge >= 0.3 is 22.1 Å². The van der Waals surface area contributed by atoms with Gasteiger partial charge in [0.1, 0.15) is 11.8 Å². The molecule has 0 aliphatic heterocycles. The van der Waals surface area contributed by atoms with Gasteiger partial charge in [-0.1, -0.05) is 30.3 Å². The van der Waals surface area contributed by atoms with E-state index in [1.165, 1.54) is 7.11 Å². The predicted octanol–water partition coefficient (Wildman–Crippen LogP) is 1.88. The Bertz CT molecular complexity index is 1480. The fraction of sp³-hybridized carbons (Fsp3) is 0.321. The number of aliphatic imine (C=N–C) groups is 1. The standard InChI is InChI=1S/C22H23NO6S.C6H14N4O2/c1-28-21(22(24)25)12-15-4-8-19(9-5-15)23-14-16-3-6-18-13-20(29-30(2,26)27)10-7-17(18)11-16;7-4(5(11)12)2-1-3-10-6(8)9/h3-11,13,21,23H,12,14H2,1-2H3,(H,24,25);4H,1-3,7H2,(H,11,12)(H4,8,9,10)/t;4-/m.0/s1. The molecule has 0 saturated heterocycles. The van der Waals surface area contributed by atoms with E-state index in [1.807, 2.05) is 48.5 Å². The quantitative estimate of drug-likeness (QED) is 0.0671. The Morgan fingerprint density at radius 2 is 1.57 bits per heavy atom. The van der Waals surface area contributed by atoms with Crippen molar-refractivity contribution in [1.82, 2.24) is 0 Å². The average Bonchev–Trinajstić information content (AvgIpc) is 2.92. The molecule has 0 fully saturated rings. The molecule has 0 amide bonds. The van der Waals surface area contributed by atoms with Crippen molar-refractivity contribution in [3.63, 3.8) is 0 Å². The highest BCUT2D eigenvalue weighted by atomic mass is 32.2. The lowest BCUT2D eigenvalue weighted by molar-refractivity contribution is -0.148. The summed E-state index contributed by atoms with van der Waals surface area (Å²) in [5.74, 6) is -1.68. The highest BCUT2D eigenvalue weighted by Crippen LogP contribution is 2.23. The Morgan fingerprint density at radius 1 is 0.952 bits per heavy atom. The molecule has 1 unspecified atom stereocenters. The summed E-state index contributed by atoms with van der Waals surface area (Å²) in [6.07, 6.45) is 1.42. The molecule has 228 valence electrons. The number of hydrogen-bond acceptors (Lipinski definition) is 9. The molecule has 0 spiro atoms. The molecule has 14 heteroatoms. The minimum absolute atomic E-state index is 0.0129. The molecule has 3 aromatic carbocycles. The molecule has 3 aromatic rings. The van der Waals surface area contributed by atoms with E-state index in [4.69, 9.17) is 36.3 Å². The lowest BCUT2D eigenvalue weighted by Crippen LogP contribution is -2.30. The number of nitrogens with two attached hydrogens (primary N) is 3. The number of rotatable bonds is 14. The van der Waals surface area contributed by atoms with Crippen LogP contribution >= 0.6 is 0 Å². The number of aliphatic carboxylic acids is 2. The van der Waals surface area contributed by atoms with Gasteiger partial charge in [-0.15, -0.1) is 0 Å². The molecule has 0 aliphatic rings. The summed E-state index contributed by atoms with van der Waals surface area (Å²) in [5.41, 5.74) is 18.2. The minimum Gasteiger partial charge on any atom is -0.480 e. The van der Waals surface area contributed by atoms with Gasteiger partial charge in [0.15, 0.2) is 12.1 Å². The third kappa shape index (κ3) is 12.4. The number of ether oxygens (including phenoxy) is 1. The monoisotopic (exact) mass is 603 g/mol. The number of nitrogens with one attached hydrogen (secondary N) is 1. The molecule has 42 heavy (non-hydrogen) atoms. The van der Waals surface area contributed by atoms with Crippen LogP contribution in [0.2, 0.25) is 0 Å². The van der Waals surface area contributed by atoms with Gasteiger partial charge in [-0.05, 0) is 65.1 Å². The van der Waals surface area contributed by atoms with Crippen LogP contribution in [0, 0.1) is 0 Å². The van der Waals surface area contributed by atoms with Crippen molar-refractivity contribution in [2.45, 2.75) is 38.0 Å². The average molecular weight is 604 g/mol. The fourth-order valence-electron chi connectivity index (χ4n) is 3.70. The number of anilines is 1. The first-order chi connectivity index (χ1) is 19.8. The number of fused-ring (bicyclic) bond motifs is 1. The molecule has 3 rings (SSSR count). The summed E-state index contributed by atoms with van der Waals surface area (Å²) >= 11 is 0. The van der Waals surface area contributed by atoms with E-state index in [0.717, 1.165) is 33.8 Å². The van der Waals surface area contributed by atoms with Gasteiger partial charge in [-0.25, -0.2) is 4.79 Å². The van der Waals surface area contributed by atoms with Gasteiger partial charge in [0, 0.05) is 32.3 Å². The molecule has 0 bridgehead atoms. The third-order valence-corrected chi connectivity index (χ3v) is 6.34. The lowest BCUT2D eigenvalue weighted by Gasteiger charge is -2.12. The smallest absolute Gasteiger partial charge is 0.333 e. The van der Waals surface area contributed by atoms with E-state index in [9.17, 15) is 18.0 Å². The number of benzene rings is 3. The van der Waals surface area contributed by atoms with E-state index in [-0.39, 0.29) is 11.7 Å². The van der Waals surface area contributed by atoms with Gasteiger partial charge < -0.3 is 41.7 Å². The predicted molar refractivity (Wildman–Crippen MR) is 161 cm³/mol. The van der Waals surface area contributed by atoms with Gasteiger partial charge in [0.05, 0.1) is 6.26 Å². The zero-order valence-electron chi connectivity index (χ0n) is 23.4. The van der Waals surface area contributed by atoms with Crippen LogP contribution in [0.15, 0.2) is 65.7 Å². The molecule has 2 atom stereocenters. The number of methoxy groups -OCH3 is 1. The van der Waals surface area contributed by atoms with Crippen LogP contribution in [0.1, 0.15) is 24.0 Å². The van der Waals surface area contributed by atoms with Gasteiger partial charge in [-0.3, -0.25) is 9.79 Å². The molecule has 0 heterocycles. The topological polar surface area (TPSA) is 230 Å². The Hall–Kier alpha value is -4.40. The lowest BCUT2D eigenvalue weighted by atomic mass is 10.1. The van der Waals surface area contributed by atoms with Crippen molar-refractivity contribution in [2.24, 2.45) is 22.2 Å². The third-order valence-electron chi connectivity index (χ3n) is 5.84. The van der Waals surface area contributed by atoms with Crippen LogP contribution in [0.25, 0.3) is 10.8 Å². The summed E-state index contributed by atoms with van der Waals surface area (Å²) in [6.45, 7) is 1.02. The molecule has 13 nitrogen and oxygen atoms in total. The van der Waals surface area contributed by atoms with Crippen molar-refractivity contribution in [2.75, 3.05) is 25.2 Å². The molecule has 0 aliphatic carbocycles. The van der Waals surface area contributed by atoms with Crippen LogP contribution in [-0.2, 0) is 37.4 Å². The first-order valence-corrected chi connectivity index (χ1v) is 14.6. The Labute approximate surface area is 244 Å². The zero-order chi connectivity index (χ0) is 31.3. The second-order valence-electron chi connectivity index (χ2n) is 9.34.